The summed E-state index contributed by atoms with van der Waals surface area (Å²) >= 11 is 0. The zero-order valence-corrected chi connectivity index (χ0v) is 17.2. The number of aromatic carboxylic acids is 1. The Labute approximate surface area is 182 Å². The van der Waals surface area contributed by atoms with Gasteiger partial charge in [0, 0.05) is 0 Å². The minimum absolute atomic E-state index is 0.0162. The van der Waals surface area contributed by atoms with E-state index < -0.39 is 36.2 Å². The number of methoxy groups -OCH3 is 1. The minimum Gasteiger partial charge on any atom is -0.495 e. The van der Waals surface area contributed by atoms with Crippen molar-refractivity contribution in [3.05, 3.63) is 54.1 Å². The van der Waals surface area contributed by atoms with Crippen molar-refractivity contribution in [3.63, 3.8) is 0 Å². The molecule has 11 heteroatoms. The van der Waals surface area contributed by atoms with E-state index in [2.05, 4.69) is 20.6 Å². The fourth-order valence-corrected chi connectivity index (χ4v) is 2.85. The number of hydrogen-bond acceptors (Lipinski definition) is 8. The Kier molecular flexibility index (Phi) is 6.68. The fraction of sp³-hybridized carbons (Fsp3) is 0.190. The molecule has 0 radical (unpaired) electrons. The van der Waals surface area contributed by atoms with Crippen molar-refractivity contribution in [1.29, 1.82) is 0 Å². The zero-order valence-electron chi connectivity index (χ0n) is 17.2. The molecule has 1 aliphatic heterocycles. The molecule has 2 aromatic rings. The van der Waals surface area contributed by atoms with E-state index >= 15 is 0 Å². The predicted octanol–water partition coefficient (Wildman–Crippen LogP) is 2.62. The van der Waals surface area contributed by atoms with Crippen molar-refractivity contribution in [2.75, 3.05) is 12.4 Å². The molecular formula is C21H19N5O6. The number of para-hydroxylation sites is 2. The van der Waals surface area contributed by atoms with Gasteiger partial charge in [0.2, 0.25) is 5.91 Å². The monoisotopic (exact) mass is 437 g/mol. The van der Waals surface area contributed by atoms with Gasteiger partial charge in [0.15, 0.2) is 6.04 Å². The quantitative estimate of drug-likeness (QED) is 0.502. The number of azo groups is 1. The van der Waals surface area contributed by atoms with Gasteiger partial charge in [-0.3, -0.25) is 14.4 Å². The Bertz CT molecular complexity index is 1140. The van der Waals surface area contributed by atoms with Crippen molar-refractivity contribution in [2.24, 2.45) is 15.3 Å². The highest BCUT2D eigenvalue weighted by molar-refractivity contribution is 6.18. The third kappa shape index (κ3) is 5.01. The van der Waals surface area contributed by atoms with Gasteiger partial charge >= 0.3 is 5.97 Å². The largest absolute Gasteiger partial charge is 0.495 e. The van der Waals surface area contributed by atoms with Gasteiger partial charge in [-0.2, -0.15) is 20.3 Å². The summed E-state index contributed by atoms with van der Waals surface area (Å²) in [5.74, 6) is -2.93. The van der Waals surface area contributed by atoms with E-state index in [1.165, 1.54) is 38.3 Å². The van der Waals surface area contributed by atoms with Gasteiger partial charge in [0.05, 0.1) is 29.8 Å². The number of carbonyl (C=O) groups excluding carboxylic acids is 3. The lowest BCUT2D eigenvalue weighted by molar-refractivity contribution is -0.144. The first kappa shape index (κ1) is 22.3. The van der Waals surface area contributed by atoms with Gasteiger partial charge in [-0.1, -0.05) is 18.2 Å². The van der Waals surface area contributed by atoms with Gasteiger partial charge < -0.3 is 15.2 Å². The van der Waals surface area contributed by atoms with E-state index in [0.29, 0.717) is 16.4 Å². The summed E-state index contributed by atoms with van der Waals surface area (Å²) in [6.45, 7) is 1.50. The van der Waals surface area contributed by atoms with Crippen LogP contribution in [0, 0.1) is 0 Å². The maximum atomic E-state index is 12.6. The van der Waals surface area contributed by atoms with Crippen LogP contribution in [-0.2, 0) is 14.4 Å². The number of nitrogens with one attached hydrogen (secondary N) is 1. The van der Waals surface area contributed by atoms with Crippen LogP contribution >= 0.6 is 0 Å². The van der Waals surface area contributed by atoms with Crippen LogP contribution in [0.1, 0.15) is 23.7 Å². The van der Waals surface area contributed by atoms with Gasteiger partial charge in [-0.05, 0) is 37.3 Å². The number of ether oxygens (including phenoxy) is 1. The predicted molar refractivity (Wildman–Crippen MR) is 113 cm³/mol. The second-order valence-electron chi connectivity index (χ2n) is 6.68. The number of carbonyl (C=O) groups is 4. The maximum absolute atomic E-state index is 12.6. The summed E-state index contributed by atoms with van der Waals surface area (Å²) in [6.07, 6.45) is -0.620. The zero-order chi connectivity index (χ0) is 23.3. The fourth-order valence-electron chi connectivity index (χ4n) is 2.85. The average Bonchev–Trinajstić information content (AvgIpc) is 3.06. The topological polar surface area (TPSA) is 150 Å². The first-order chi connectivity index (χ1) is 15.3. The van der Waals surface area contributed by atoms with E-state index in [0.717, 1.165) is 0 Å². The van der Waals surface area contributed by atoms with Crippen LogP contribution in [0.25, 0.3) is 0 Å². The number of hydrazone groups is 1. The Morgan fingerprint density at radius 2 is 1.94 bits per heavy atom. The second kappa shape index (κ2) is 9.60. The molecule has 0 spiro atoms. The smallest absolute Gasteiger partial charge is 0.335 e. The summed E-state index contributed by atoms with van der Waals surface area (Å²) in [7, 11) is 1.45. The van der Waals surface area contributed by atoms with Gasteiger partial charge in [-0.25, -0.2) is 4.79 Å². The number of hydrogen-bond donors (Lipinski definition) is 2. The van der Waals surface area contributed by atoms with Crippen molar-refractivity contribution in [2.45, 2.75) is 19.4 Å². The number of benzene rings is 2. The molecule has 3 rings (SSSR count). The van der Waals surface area contributed by atoms with E-state index in [9.17, 15) is 19.2 Å². The summed E-state index contributed by atoms with van der Waals surface area (Å²) in [5.41, 5.74) is 0.844. The number of carboxylic acid groups (broad SMARTS) is 1. The highest BCUT2D eigenvalue weighted by Gasteiger charge is 2.38. The summed E-state index contributed by atoms with van der Waals surface area (Å²) in [6, 6.07) is 11.2. The molecule has 32 heavy (non-hydrogen) atoms. The van der Waals surface area contributed by atoms with Crippen molar-refractivity contribution in [3.8, 4) is 5.75 Å². The van der Waals surface area contributed by atoms with Crippen LogP contribution < -0.4 is 10.1 Å². The molecule has 11 nitrogen and oxygen atoms in total. The van der Waals surface area contributed by atoms with Crippen LogP contribution in [0.3, 0.4) is 0 Å². The van der Waals surface area contributed by atoms with E-state index in [4.69, 9.17) is 9.84 Å². The number of rotatable bonds is 7. The Hall–Kier alpha value is -4.41. The molecule has 3 amide bonds. The molecule has 0 aromatic heterocycles. The van der Waals surface area contributed by atoms with Gasteiger partial charge in [0.25, 0.3) is 11.8 Å². The molecule has 1 unspecified atom stereocenters. The highest BCUT2D eigenvalue weighted by atomic mass is 16.5. The SMILES string of the molecule is COc1ccccc1NC(=O)CC(=O)N1N=C(C)C(N=Nc2cccc(C(=O)O)c2)C1=O. The standard InChI is InChI=1S/C21H19N5O6/c1-12-19(24-23-14-7-5-6-13(10-14)21(30)31)20(29)26(25-12)18(28)11-17(27)22-15-8-3-4-9-16(15)32-2/h3-10,19H,11H2,1-2H3,(H,22,27)(H,30,31). The number of carboxylic acids is 1. The highest BCUT2D eigenvalue weighted by Crippen LogP contribution is 2.23. The van der Waals surface area contributed by atoms with E-state index in [1.807, 2.05) is 0 Å². The molecule has 1 aliphatic rings. The Balaban J connectivity index is 1.65. The van der Waals surface area contributed by atoms with Crippen LogP contribution in [0.15, 0.2) is 63.9 Å². The minimum atomic E-state index is -1.15. The summed E-state index contributed by atoms with van der Waals surface area (Å²) < 4.78 is 5.14. The van der Waals surface area contributed by atoms with Crippen LogP contribution in [0.2, 0.25) is 0 Å². The molecule has 2 N–H and O–H groups in total. The molecule has 2 aromatic carbocycles. The van der Waals surface area contributed by atoms with E-state index in [1.54, 1.807) is 24.3 Å². The molecule has 0 saturated heterocycles. The van der Waals surface area contributed by atoms with E-state index in [-0.39, 0.29) is 17.0 Å². The maximum Gasteiger partial charge on any atom is 0.335 e. The molecule has 0 saturated carbocycles. The molecule has 0 fully saturated rings. The Morgan fingerprint density at radius 3 is 2.66 bits per heavy atom. The second-order valence-corrected chi connectivity index (χ2v) is 6.68. The molecule has 1 heterocycles. The van der Waals surface area contributed by atoms with Gasteiger partial charge in [-0.15, -0.1) is 0 Å². The first-order valence-electron chi connectivity index (χ1n) is 9.39. The Morgan fingerprint density at radius 1 is 1.19 bits per heavy atom. The third-order valence-corrected chi connectivity index (χ3v) is 4.41. The van der Waals surface area contributed by atoms with Crippen molar-refractivity contribution >= 4 is 40.8 Å². The lowest BCUT2D eigenvalue weighted by Crippen LogP contribution is -2.36. The van der Waals surface area contributed by atoms with Gasteiger partial charge in [0.1, 0.15) is 12.2 Å². The summed E-state index contributed by atoms with van der Waals surface area (Å²) in [5, 5.41) is 23.9. The number of imide groups is 1. The third-order valence-electron chi connectivity index (χ3n) is 4.41. The molecule has 0 aliphatic carbocycles. The summed E-state index contributed by atoms with van der Waals surface area (Å²) in [4.78, 5) is 48.3. The first-order valence-corrected chi connectivity index (χ1v) is 9.39. The number of nitrogens with zero attached hydrogens (tertiary/aromatic N) is 4. The number of amides is 3. The lowest BCUT2D eigenvalue weighted by Gasteiger charge is -2.12. The van der Waals surface area contributed by atoms with Crippen molar-refractivity contribution < 1.29 is 29.0 Å². The average molecular weight is 437 g/mol. The number of anilines is 1. The van der Waals surface area contributed by atoms with Crippen LogP contribution in [0.4, 0.5) is 11.4 Å². The van der Waals surface area contributed by atoms with Crippen LogP contribution in [0.5, 0.6) is 5.75 Å². The van der Waals surface area contributed by atoms with Crippen molar-refractivity contribution in [1.82, 2.24) is 5.01 Å². The lowest BCUT2D eigenvalue weighted by atomic mass is 10.2. The molecule has 1 atom stereocenters. The van der Waals surface area contributed by atoms with Crippen LogP contribution in [-0.4, -0.2) is 52.7 Å². The molecule has 0 bridgehead atoms. The normalized spacial score (nSPS) is 15.6. The molecular weight excluding hydrogens is 418 g/mol. The molecule has 164 valence electrons.